The van der Waals surface area contributed by atoms with E-state index < -0.39 is 0 Å². The lowest BCUT2D eigenvalue weighted by Crippen LogP contribution is -2.39. The number of nitrogens with one attached hydrogen (secondary N) is 2. The predicted octanol–water partition coefficient (Wildman–Crippen LogP) is 9.42. The molecule has 2 N–H and O–H groups in total. The summed E-state index contributed by atoms with van der Waals surface area (Å²) in [4.78, 5) is 0. The molecule has 2 unspecified atom stereocenters. The molecule has 6 aromatic carbocycles. The van der Waals surface area contributed by atoms with Gasteiger partial charge in [0.1, 0.15) is 6.17 Å². The Labute approximate surface area is 251 Å². The van der Waals surface area contributed by atoms with Gasteiger partial charge in [0, 0.05) is 22.2 Å². The van der Waals surface area contributed by atoms with Crippen LogP contribution in [-0.4, -0.2) is 4.57 Å². The van der Waals surface area contributed by atoms with Crippen molar-refractivity contribution in [1.82, 2.24) is 15.2 Å². The van der Waals surface area contributed by atoms with Crippen molar-refractivity contribution in [3.8, 4) is 16.8 Å². The summed E-state index contributed by atoms with van der Waals surface area (Å²) < 4.78 is 2.36. The maximum absolute atomic E-state index is 3.81. The smallest absolute Gasteiger partial charge is 0.104 e. The van der Waals surface area contributed by atoms with E-state index in [4.69, 9.17) is 0 Å². The summed E-state index contributed by atoms with van der Waals surface area (Å²) in [7, 11) is 0. The number of para-hydroxylation sites is 2. The summed E-state index contributed by atoms with van der Waals surface area (Å²) >= 11 is 0. The van der Waals surface area contributed by atoms with Crippen molar-refractivity contribution in [2.24, 2.45) is 0 Å². The van der Waals surface area contributed by atoms with Gasteiger partial charge in [-0.3, -0.25) is 5.32 Å². The van der Waals surface area contributed by atoms with Gasteiger partial charge in [-0.25, -0.2) is 0 Å². The summed E-state index contributed by atoms with van der Waals surface area (Å²) in [6.45, 7) is 0. The van der Waals surface area contributed by atoms with Crippen molar-refractivity contribution in [1.29, 1.82) is 0 Å². The second kappa shape index (κ2) is 10.8. The van der Waals surface area contributed by atoms with Crippen LogP contribution in [0.5, 0.6) is 0 Å². The molecule has 7 aromatic rings. The first-order chi connectivity index (χ1) is 21.3. The van der Waals surface area contributed by atoms with Gasteiger partial charge in [-0.15, -0.1) is 0 Å². The maximum Gasteiger partial charge on any atom is 0.104 e. The van der Waals surface area contributed by atoms with Crippen LogP contribution < -0.4 is 10.6 Å². The summed E-state index contributed by atoms with van der Waals surface area (Å²) in [5.41, 5.74) is 10.8. The highest BCUT2D eigenvalue weighted by molar-refractivity contribution is 6.09. The number of benzene rings is 6. The maximum atomic E-state index is 3.81. The first-order valence-corrected chi connectivity index (χ1v) is 14.9. The Bertz CT molecular complexity index is 2000. The average molecular weight is 554 g/mol. The van der Waals surface area contributed by atoms with Crippen molar-refractivity contribution in [3.05, 3.63) is 180 Å². The largest absolute Gasteiger partial charge is 0.366 e. The molecule has 43 heavy (non-hydrogen) atoms. The van der Waals surface area contributed by atoms with Gasteiger partial charge >= 0.3 is 0 Å². The SMILES string of the molecule is C1=C(c2ccccc2)NC(c2ccccc2)NC1c1ccc(-c2ccc(-n3c4ccccc4c4ccccc43)cc2)cc1. The van der Waals surface area contributed by atoms with E-state index in [2.05, 4.69) is 179 Å². The highest BCUT2D eigenvalue weighted by Gasteiger charge is 2.24. The third-order valence-corrected chi connectivity index (χ3v) is 8.51. The first-order valence-electron chi connectivity index (χ1n) is 14.9. The fourth-order valence-electron chi connectivity index (χ4n) is 6.34. The van der Waals surface area contributed by atoms with E-state index >= 15 is 0 Å². The van der Waals surface area contributed by atoms with Crippen LogP contribution in [0.3, 0.4) is 0 Å². The number of aromatic nitrogens is 1. The zero-order valence-corrected chi connectivity index (χ0v) is 23.7. The fraction of sp³-hybridized carbons (Fsp3) is 0.0500. The Hall–Kier alpha value is -5.38. The molecule has 0 amide bonds. The molecule has 0 radical (unpaired) electrons. The van der Waals surface area contributed by atoms with Crippen molar-refractivity contribution in [3.63, 3.8) is 0 Å². The van der Waals surface area contributed by atoms with Gasteiger partial charge in [0.2, 0.25) is 0 Å². The molecule has 1 aliphatic rings. The molecule has 8 rings (SSSR count). The highest BCUT2D eigenvalue weighted by atomic mass is 15.2. The van der Waals surface area contributed by atoms with Crippen LogP contribution in [-0.2, 0) is 0 Å². The minimum Gasteiger partial charge on any atom is -0.366 e. The fourth-order valence-corrected chi connectivity index (χ4v) is 6.34. The van der Waals surface area contributed by atoms with Gasteiger partial charge in [0.15, 0.2) is 0 Å². The van der Waals surface area contributed by atoms with Gasteiger partial charge in [-0.1, -0.05) is 133 Å². The lowest BCUT2D eigenvalue weighted by Gasteiger charge is -2.33. The Morgan fingerprint density at radius 1 is 0.442 bits per heavy atom. The normalized spacial score (nSPS) is 16.6. The monoisotopic (exact) mass is 553 g/mol. The Kier molecular flexibility index (Phi) is 6.36. The lowest BCUT2D eigenvalue weighted by atomic mass is 9.96. The molecule has 3 nitrogen and oxygen atoms in total. The number of hydrogen-bond donors (Lipinski definition) is 2. The van der Waals surface area contributed by atoms with Gasteiger partial charge < -0.3 is 9.88 Å². The molecular formula is C40H31N3. The number of rotatable bonds is 5. The van der Waals surface area contributed by atoms with Crippen molar-refractivity contribution < 1.29 is 0 Å². The third kappa shape index (κ3) is 4.70. The third-order valence-electron chi connectivity index (χ3n) is 8.51. The molecular weight excluding hydrogens is 522 g/mol. The molecule has 0 aliphatic carbocycles. The molecule has 2 heterocycles. The minimum atomic E-state index is 0.0134. The van der Waals surface area contributed by atoms with E-state index in [1.54, 1.807) is 0 Å². The summed E-state index contributed by atoms with van der Waals surface area (Å²) in [5, 5.41) is 10.1. The molecule has 2 atom stereocenters. The second-order valence-electron chi connectivity index (χ2n) is 11.1. The number of hydrogen-bond acceptors (Lipinski definition) is 2. The van der Waals surface area contributed by atoms with E-state index in [9.17, 15) is 0 Å². The van der Waals surface area contributed by atoms with Crippen LogP contribution >= 0.6 is 0 Å². The Balaban J connectivity index is 1.10. The average Bonchev–Trinajstić information content (AvgIpc) is 3.43. The van der Waals surface area contributed by atoms with Gasteiger partial charge in [-0.2, -0.15) is 0 Å². The molecule has 206 valence electrons. The quantitative estimate of drug-likeness (QED) is 0.222. The van der Waals surface area contributed by atoms with E-state index in [0.29, 0.717) is 0 Å². The Morgan fingerprint density at radius 3 is 1.60 bits per heavy atom. The zero-order chi connectivity index (χ0) is 28.6. The first kappa shape index (κ1) is 25.3. The van der Waals surface area contributed by atoms with Gasteiger partial charge in [0.25, 0.3) is 0 Å². The molecule has 0 bridgehead atoms. The van der Waals surface area contributed by atoms with Crippen LogP contribution in [0.25, 0.3) is 44.3 Å². The van der Waals surface area contributed by atoms with Crippen LogP contribution in [0, 0.1) is 0 Å². The molecule has 0 saturated carbocycles. The zero-order valence-electron chi connectivity index (χ0n) is 23.7. The van der Waals surface area contributed by atoms with Crippen LogP contribution in [0.2, 0.25) is 0 Å². The summed E-state index contributed by atoms with van der Waals surface area (Å²) in [6, 6.07) is 56.4. The van der Waals surface area contributed by atoms with E-state index in [-0.39, 0.29) is 12.2 Å². The van der Waals surface area contributed by atoms with E-state index in [0.717, 1.165) is 5.70 Å². The summed E-state index contributed by atoms with van der Waals surface area (Å²) in [6.07, 6.45) is 2.31. The highest BCUT2D eigenvalue weighted by Crippen LogP contribution is 2.34. The standard InChI is InChI=1S/C40H31N3/c1-3-11-30(12-4-1)36-27-37(42-40(41-36)32-13-5-2-6-14-32)31-21-19-28(20-22-31)29-23-25-33(26-24-29)43-38-17-9-7-15-34(38)35-16-8-10-18-39(35)43/h1-27,37,40-42H. The van der Waals surface area contributed by atoms with Crippen LogP contribution in [0.4, 0.5) is 0 Å². The number of nitrogens with zero attached hydrogens (tertiary/aromatic N) is 1. The van der Waals surface area contributed by atoms with Gasteiger partial charge in [0.05, 0.1) is 17.1 Å². The topological polar surface area (TPSA) is 29.0 Å². The molecule has 0 fully saturated rings. The lowest BCUT2D eigenvalue weighted by molar-refractivity contribution is 0.442. The molecule has 3 heteroatoms. The molecule has 1 aromatic heterocycles. The van der Waals surface area contributed by atoms with Crippen LogP contribution in [0.15, 0.2) is 164 Å². The minimum absolute atomic E-state index is 0.0134. The molecule has 1 aliphatic heterocycles. The summed E-state index contributed by atoms with van der Waals surface area (Å²) in [5.74, 6) is 0. The molecule has 0 spiro atoms. The van der Waals surface area contributed by atoms with E-state index in [1.807, 2.05) is 0 Å². The van der Waals surface area contributed by atoms with E-state index in [1.165, 1.54) is 55.3 Å². The van der Waals surface area contributed by atoms with Crippen molar-refractivity contribution in [2.75, 3.05) is 0 Å². The van der Waals surface area contributed by atoms with Crippen LogP contribution in [0.1, 0.15) is 28.9 Å². The predicted molar refractivity (Wildman–Crippen MR) is 179 cm³/mol. The Morgan fingerprint density at radius 2 is 0.977 bits per heavy atom. The van der Waals surface area contributed by atoms with Gasteiger partial charge in [-0.05, 0) is 58.2 Å². The second-order valence-corrected chi connectivity index (χ2v) is 11.1. The number of fused-ring (bicyclic) bond motifs is 3. The van der Waals surface area contributed by atoms with Crippen molar-refractivity contribution >= 4 is 27.5 Å². The van der Waals surface area contributed by atoms with Crippen molar-refractivity contribution in [2.45, 2.75) is 12.2 Å². The molecule has 0 saturated heterocycles.